The lowest BCUT2D eigenvalue weighted by Crippen LogP contribution is -2.25. The Morgan fingerprint density at radius 2 is 1.75 bits per heavy atom. The SMILES string of the molecule is NC(Cc1ccc(F)c(F)c1)Cc1cccc(Cl)c1Cl. The van der Waals surface area contributed by atoms with Crippen molar-refractivity contribution < 1.29 is 8.78 Å². The molecule has 0 aliphatic carbocycles. The van der Waals surface area contributed by atoms with E-state index in [1.807, 2.05) is 6.07 Å². The van der Waals surface area contributed by atoms with Crippen LogP contribution in [0.3, 0.4) is 0 Å². The predicted octanol–water partition coefficient (Wildman–Crippen LogP) is 4.38. The fourth-order valence-electron chi connectivity index (χ4n) is 2.03. The van der Waals surface area contributed by atoms with Crippen LogP contribution in [0.25, 0.3) is 0 Å². The average molecular weight is 316 g/mol. The molecule has 0 spiro atoms. The smallest absolute Gasteiger partial charge is 0.159 e. The third-order valence-electron chi connectivity index (χ3n) is 3.00. The van der Waals surface area contributed by atoms with Crippen molar-refractivity contribution in [2.45, 2.75) is 18.9 Å². The first-order valence-electron chi connectivity index (χ1n) is 6.09. The number of nitrogens with two attached hydrogens (primary N) is 1. The molecule has 0 amide bonds. The maximum Gasteiger partial charge on any atom is 0.159 e. The Morgan fingerprint density at radius 3 is 2.45 bits per heavy atom. The molecule has 0 saturated carbocycles. The molecule has 5 heteroatoms. The Bertz CT molecular complexity index is 617. The van der Waals surface area contributed by atoms with Crippen LogP contribution in [-0.2, 0) is 12.8 Å². The van der Waals surface area contributed by atoms with Gasteiger partial charge in [-0.05, 0) is 42.2 Å². The molecule has 1 atom stereocenters. The Labute approximate surface area is 126 Å². The van der Waals surface area contributed by atoms with Crippen LogP contribution in [-0.4, -0.2) is 6.04 Å². The highest BCUT2D eigenvalue weighted by Gasteiger charge is 2.11. The van der Waals surface area contributed by atoms with E-state index >= 15 is 0 Å². The summed E-state index contributed by atoms with van der Waals surface area (Å²) in [5, 5.41) is 0.957. The van der Waals surface area contributed by atoms with Crippen molar-refractivity contribution >= 4 is 23.2 Å². The van der Waals surface area contributed by atoms with Gasteiger partial charge in [0.15, 0.2) is 11.6 Å². The molecule has 1 nitrogen and oxygen atoms in total. The first-order chi connectivity index (χ1) is 9.47. The quantitative estimate of drug-likeness (QED) is 0.890. The molecule has 106 valence electrons. The second-order valence-electron chi connectivity index (χ2n) is 4.63. The Morgan fingerprint density at radius 1 is 1.00 bits per heavy atom. The van der Waals surface area contributed by atoms with E-state index in [-0.39, 0.29) is 6.04 Å². The number of hydrogen-bond acceptors (Lipinski definition) is 1. The Balaban J connectivity index is 2.07. The van der Waals surface area contributed by atoms with Gasteiger partial charge in [0.25, 0.3) is 0 Å². The molecule has 0 heterocycles. The van der Waals surface area contributed by atoms with E-state index in [4.69, 9.17) is 28.9 Å². The van der Waals surface area contributed by atoms with Crippen LogP contribution >= 0.6 is 23.2 Å². The molecule has 2 aromatic rings. The second-order valence-corrected chi connectivity index (χ2v) is 5.41. The number of benzene rings is 2. The number of hydrogen-bond donors (Lipinski definition) is 1. The van der Waals surface area contributed by atoms with Crippen molar-refractivity contribution in [1.29, 1.82) is 0 Å². The summed E-state index contributed by atoms with van der Waals surface area (Å²) in [5.74, 6) is -1.73. The minimum Gasteiger partial charge on any atom is -0.327 e. The molecular weight excluding hydrogens is 303 g/mol. The van der Waals surface area contributed by atoms with Gasteiger partial charge >= 0.3 is 0 Å². The minimum atomic E-state index is -0.865. The zero-order valence-corrected chi connectivity index (χ0v) is 12.1. The van der Waals surface area contributed by atoms with E-state index < -0.39 is 11.6 Å². The number of halogens is 4. The van der Waals surface area contributed by atoms with Crippen molar-refractivity contribution in [3.05, 3.63) is 69.2 Å². The summed E-state index contributed by atoms with van der Waals surface area (Å²) in [6, 6.07) is 8.88. The molecule has 2 rings (SSSR count). The standard InChI is InChI=1S/C15H13Cl2F2N/c16-12-3-1-2-10(15(12)17)8-11(20)6-9-4-5-13(18)14(19)7-9/h1-5,7,11H,6,8,20H2. The minimum absolute atomic E-state index is 0.254. The monoisotopic (exact) mass is 315 g/mol. The number of rotatable bonds is 4. The van der Waals surface area contributed by atoms with Gasteiger partial charge in [-0.1, -0.05) is 41.4 Å². The van der Waals surface area contributed by atoms with Crippen molar-refractivity contribution in [3.63, 3.8) is 0 Å². The fraction of sp³-hybridized carbons (Fsp3) is 0.200. The van der Waals surface area contributed by atoms with Gasteiger partial charge in [-0.15, -0.1) is 0 Å². The lowest BCUT2D eigenvalue weighted by molar-refractivity contribution is 0.506. The van der Waals surface area contributed by atoms with Gasteiger partial charge in [-0.2, -0.15) is 0 Å². The highest BCUT2D eigenvalue weighted by atomic mass is 35.5. The van der Waals surface area contributed by atoms with E-state index in [1.165, 1.54) is 6.07 Å². The molecule has 0 saturated heterocycles. The maximum absolute atomic E-state index is 13.1. The molecule has 0 fully saturated rings. The van der Waals surface area contributed by atoms with Crippen LogP contribution in [0.5, 0.6) is 0 Å². The van der Waals surface area contributed by atoms with Crippen LogP contribution in [0.4, 0.5) is 8.78 Å². The lowest BCUT2D eigenvalue weighted by atomic mass is 9.99. The van der Waals surface area contributed by atoms with E-state index in [1.54, 1.807) is 12.1 Å². The predicted molar refractivity (Wildman–Crippen MR) is 78.2 cm³/mol. The van der Waals surface area contributed by atoms with E-state index in [0.717, 1.165) is 17.7 Å². The third-order valence-corrected chi connectivity index (χ3v) is 3.85. The molecule has 0 aliphatic rings. The second kappa shape index (κ2) is 6.53. The van der Waals surface area contributed by atoms with Gasteiger partial charge in [0.05, 0.1) is 10.0 Å². The normalized spacial score (nSPS) is 12.4. The van der Waals surface area contributed by atoms with Crippen LogP contribution in [0.2, 0.25) is 10.0 Å². The summed E-state index contributed by atoms with van der Waals surface area (Å²) >= 11 is 12.0. The third kappa shape index (κ3) is 3.69. The van der Waals surface area contributed by atoms with Gasteiger partial charge in [0, 0.05) is 6.04 Å². The van der Waals surface area contributed by atoms with E-state index in [0.29, 0.717) is 28.5 Å². The summed E-state index contributed by atoms with van der Waals surface area (Å²) in [5.41, 5.74) is 7.52. The molecule has 0 radical (unpaired) electrons. The first-order valence-corrected chi connectivity index (χ1v) is 6.85. The molecule has 2 aromatic carbocycles. The molecule has 1 unspecified atom stereocenters. The summed E-state index contributed by atoms with van der Waals surface area (Å²) in [6.07, 6.45) is 0.943. The van der Waals surface area contributed by atoms with Crippen LogP contribution in [0.15, 0.2) is 36.4 Å². The fourth-order valence-corrected chi connectivity index (χ4v) is 2.43. The Hall–Kier alpha value is -1.16. The van der Waals surface area contributed by atoms with E-state index in [2.05, 4.69) is 0 Å². The van der Waals surface area contributed by atoms with Crippen molar-refractivity contribution in [2.75, 3.05) is 0 Å². The summed E-state index contributed by atoms with van der Waals surface area (Å²) in [6.45, 7) is 0. The topological polar surface area (TPSA) is 26.0 Å². The van der Waals surface area contributed by atoms with Crippen LogP contribution < -0.4 is 5.73 Å². The first kappa shape index (κ1) is 15.2. The summed E-state index contributed by atoms with van der Waals surface area (Å²) < 4.78 is 26.0. The van der Waals surface area contributed by atoms with Gasteiger partial charge < -0.3 is 5.73 Å². The maximum atomic E-state index is 13.1. The summed E-state index contributed by atoms with van der Waals surface area (Å²) in [4.78, 5) is 0. The average Bonchev–Trinajstić information content (AvgIpc) is 2.39. The lowest BCUT2D eigenvalue weighted by Gasteiger charge is -2.13. The largest absolute Gasteiger partial charge is 0.327 e. The highest BCUT2D eigenvalue weighted by molar-refractivity contribution is 6.42. The molecule has 2 N–H and O–H groups in total. The van der Waals surface area contributed by atoms with Crippen molar-refractivity contribution in [3.8, 4) is 0 Å². The zero-order valence-electron chi connectivity index (χ0n) is 10.5. The molecule has 0 aliphatic heterocycles. The van der Waals surface area contributed by atoms with Gasteiger partial charge in [0.1, 0.15) is 0 Å². The summed E-state index contributed by atoms with van der Waals surface area (Å²) in [7, 11) is 0. The van der Waals surface area contributed by atoms with E-state index in [9.17, 15) is 8.78 Å². The zero-order chi connectivity index (χ0) is 14.7. The van der Waals surface area contributed by atoms with Gasteiger partial charge in [0.2, 0.25) is 0 Å². The molecular formula is C15H13Cl2F2N. The highest BCUT2D eigenvalue weighted by Crippen LogP contribution is 2.26. The molecule has 0 bridgehead atoms. The van der Waals surface area contributed by atoms with Gasteiger partial charge in [-0.25, -0.2) is 8.78 Å². The van der Waals surface area contributed by atoms with Crippen molar-refractivity contribution in [2.24, 2.45) is 5.73 Å². The molecule has 20 heavy (non-hydrogen) atoms. The van der Waals surface area contributed by atoms with Gasteiger partial charge in [-0.3, -0.25) is 0 Å². The van der Waals surface area contributed by atoms with Crippen molar-refractivity contribution in [1.82, 2.24) is 0 Å². The Kier molecular flexibility index (Phi) is 4.97. The van der Waals surface area contributed by atoms with Crippen LogP contribution in [0, 0.1) is 11.6 Å². The molecule has 0 aromatic heterocycles. The van der Waals surface area contributed by atoms with Crippen LogP contribution in [0.1, 0.15) is 11.1 Å².